The molecule has 3 aromatic rings. The lowest BCUT2D eigenvalue weighted by molar-refractivity contribution is 0.617. The Kier molecular flexibility index (Phi) is 4.71. The highest BCUT2D eigenvalue weighted by molar-refractivity contribution is 7.98. The average molecular weight is 380 g/mol. The minimum absolute atomic E-state index is 0.261. The molecule has 0 aliphatic rings. The maximum absolute atomic E-state index is 14.0. The Morgan fingerprint density at radius 3 is 2.64 bits per heavy atom. The Labute approximate surface area is 152 Å². The lowest BCUT2D eigenvalue weighted by Crippen LogP contribution is -2.37. The first kappa shape index (κ1) is 17.7. The van der Waals surface area contributed by atoms with Crippen molar-refractivity contribution in [3.8, 4) is 0 Å². The van der Waals surface area contributed by atoms with Crippen LogP contribution in [0.4, 0.5) is 4.39 Å². The fourth-order valence-electron chi connectivity index (χ4n) is 2.60. The molecule has 5 nitrogen and oxygen atoms in total. The third kappa shape index (κ3) is 2.98. The van der Waals surface area contributed by atoms with Crippen molar-refractivity contribution >= 4 is 34.4 Å². The predicted molar refractivity (Wildman–Crippen MR) is 97.9 cm³/mol. The first-order chi connectivity index (χ1) is 11.8. The summed E-state index contributed by atoms with van der Waals surface area (Å²) in [6.45, 7) is 1.82. The van der Waals surface area contributed by atoms with Crippen molar-refractivity contribution in [1.29, 1.82) is 0 Å². The maximum atomic E-state index is 14.0. The number of halogens is 2. The molecule has 1 aromatic carbocycles. The van der Waals surface area contributed by atoms with Crippen molar-refractivity contribution in [2.45, 2.75) is 17.6 Å². The van der Waals surface area contributed by atoms with Gasteiger partial charge >= 0.3 is 5.69 Å². The summed E-state index contributed by atoms with van der Waals surface area (Å²) >= 11 is 7.38. The van der Waals surface area contributed by atoms with Crippen molar-refractivity contribution in [2.24, 2.45) is 14.1 Å². The lowest BCUT2D eigenvalue weighted by atomic mass is 10.2. The molecule has 0 aliphatic carbocycles. The molecule has 8 heteroatoms. The zero-order chi connectivity index (χ0) is 18.3. The first-order valence-corrected chi connectivity index (χ1v) is 8.80. The molecule has 0 aliphatic heterocycles. The van der Waals surface area contributed by atoms with Gasteiger partial charge in [0.2, 0.25) is 0 Å². The van der Waals surface area contributed by atoms with E-state index in [1.807, 2.05) is 6.92 Å². The highest BCUT2D eigenvalue weighted by Crippen LogP contribution is 2.33. The molecule has 0 saturated carbocycles. The number of nitrogens with zero attached hydrogens (tertiary/aromatic N) is 3. The first-order valence-electron chi connectivity index (χ1n) is 7.44. The van der Waals surface area contributed by atoms with Gasteiger partial charge in [0.25, 0.3) is 5.56 Å². The van der Waals surface area contributed by atoms with Crippen molar-refractivity contribution in [3.05, 3.63) is 67.2 Å². The number of hydrogen-bond donors (Lipinski definition) is 0. The Balaban J connectivity index is 2.18. The van der Waals surface area contributed by atoms with Gasteiger partial charge in [-0.3, -0.25) is 13.9 Å². The second-order valence-corrected chi connectivity index (χ2v) is 7.06. The summed E-state index contributed by atoms with van der Waals surface area (Å²) in [5.74, 6) is -0.131. The molecule has 2 heterocycles. The standard InChI is InChI=1S/C17H15ClFN3O2S/c1-9-7-20-15-13(16(23)22(3)17(24)21(15)2)14(9)25-8-10-11(18)5-4-6-12(10)19/h4-7H,8H2,1-3H3. The van der Waals surface area contributed by atoms with Crippen LogP contribution in [0, 0.1) is 12.7 Å². The highest BCUT2D eigenvalue weighted by Gasteiger charge is 2.17. The average Bonchev–Trinajstić information content (AvgIpc) is 2.58. The largest absolute Gasteiger partial charge is 0.332 e. The SMILES string of the molecule is Cc1cnc2c(c1SCc1c(F)cccc1Cl)c(=O)n(C)c(=O)n2C. The fraction of sp³-hybridized carbons (Fsp3) is 0.235. The van der Waals surface area contributed by atoms with Gasteiger partial charge in [-0.25, -0.2) is 14.2 Å². The molecule has 3 rings (SSSR count). The molecule has 0 atom stereocenters. The van der Waals surface area contributed by atoms with E-state index in [0.717, 1.165) is 10.1 Å². The Morgan fingerprint density at radius 2 is 1.96 bits per heavy atom. The molecule has 130 valence electrons. The minimum Gasteiger partial charge on any atom is -0.280 e. The van der Waals surface area contributed by atoms with Crippen molar-refractivity contribution < 1.29 is 4.39 Å². The molecule has 0 fully saturated rings. The minimum atomic E-state index is -0.443. The third-order valence-electron chi connectivity index (χ3n) is 4.02. The van der Waals surface area contributed by atoms with Crippen LogP contribution in [0.5, 0.6) is 0 Å². The number of pyridine rings is 1. The number of aryl methyl sites for hydroxylation is 2. The molecule has 0 bridgehead atoms. The number of fused-ring (bicyclic) bond motifs is 1. The topological polar surface area (TPSA) is 56.9 Å². The van der Waals surface area contributed by atoms with Gasteiger partial charge in [-0.15, -0.1) is 11.8 Å². The van der Waals surface area contributed by atoms with Crippen molar-refractivity contribution in [3.63, 3.8) is 0 Å². The molecule has 0 unspecified atom stereocenters. The molecule has 0 saturated heterocycles. The van der Waals surface area contributed by atoms with Crippen molar-refractivity contribution in [1.82, 2.24) is 14.1 Å². The second-order valence-electron chi connectivity index (χ2n) is 5.66. The van der Waals surface area contributed by atoms with Crippen LogP contribution in [0.1, 0.15) is 11.1 Å². The van der Waals surface area contributed by atoms with Gasteiger partial charge in [0, 0.05) is 41.5 Å². The van der Waals surface area contributed by atoms with Gasteiger partial charge in [0.05, 0.1) is 5.39 Å². The van der Waals surface area contributed by atoms with Crippen LogP contribution in [-0.4, -0.2) is 14.1 Å². The van der Waals surface area contributed by atoms with Crippen LogP contribution in [0.25, 0.3) is 11.0 Å². The smallest absolute Gasteiger partial charge is 0.280 e. The van der Waals surface area contributed by atoms with Crippen LogP contribution in [0.15, 0.2) is 38.9 Å². The zero-order valence-corrected chi connectivity index (χ0v) is 15.4. The summed E-state index contributed by atoms with van der Waals surface area (Å²) in [5.41, 5.74) is 0.597. The number of rotatable bonds is 3. The van der Waals surface area contributed by atoms with E-state index < -0.39 is 17.1 Å². The number of aromatic nitrogens is 3. The molecule has 2 aromatic heterocycles. The maximum Gasteiger partial charge on any atom is 0.332 e. The predicted octanol–water partition coefficient (Wildman–Crippen LogP) is 3.03. The number of hydrogen-bond acceptors (Lipinski definition) is 4. The van der Waals surface area contributed by atoms with Gasteiger partial charge in [0.1, 0.15) is 11.5 Å². The Hall–Kier alpha value is -2.12. The molecule has 25 heavy (non-hydrogen) atoms. The molecule has 0 N–H and O–H groups in total. The summed E-state index contributed by atoms with van der Waals surface area (Å²) in [6, 6.07) is 4.52. The van der Waals surface area contributed by atoms with Crippen LogP contribution in [-0.2, 0) is 19.8 Å². The van der Waals surface area contributed by atoms with E-state index in [0.29, 0.717) is 26.5 Å². The van der Waals surface area contributed by atoms with E-state index in [1.165, 1.54) is 29.4 Å². The van der Waals surface area contributed by atoms with Crippen LogP contribution >= 0.6 is 23.4 Å². The zero-order valence-electron chi connectivity index (χ0n) is 13.8. The summed E-state index contributed by atoms with van der Waals surface area (Å²) in [7, 11) is 2.99. The van der Waals surface area contributed by atoms with E-state index in [9.17, 15) is 14.0 Å². The van der Waals surface area contributed by atoms with Crippen molar-refractivity contribution in [2.75, 3.05) is 0 Å². The second kappa shape index (κ2) is 6.65. The van der Waals surface area contributed by atoms with Crippen LogP contribution in [0.3, 0.4) is 0 Å². The van der Waals surface area contributed by atoms with E-state index in [2.05, 4.69) is 4.98 Å². The van der Waals surface area contributed by atoms with E-state index in [4.69, 9.17) is 11.6 Å². The highest BCUT2D eigenvalue weighted by atomic mass is 35.5. The van der Waals surface area contributed by atoms with E-state index in [1.54, 1.807) is 25.4 Å². The van der Waals surface area contributed by atoms with Crippen LogP contribution in [0.2, 0.25) is 5.02 Å². The van der Waals surface area contributed by atoms with Gasteiger partial charge in [-0.2, -0.15) is 0 Å². The molecule has 0 spiro atoms. The third-order valence-corrected chi connectivity index (χ3v) is 5.62. The summed E-state index contributed by atoms with van der Waals surface area (Å²) in [5, 5.41) is 0.686. The lowest BCUT2D eigenvalue weighted by Gasteiger charge is -2.13. The van der Waals surface area contributed by atoms with Gasteiger partial charge < -0.3 is 0 Å². The molecular weight excluding hydrogens is 365 g/mol. The van der Waals surface area contributed by atoms with Gasteiger partial charge in [0.15, 0.2) is 0 Å². The molecule has 0 radical (unpaired) electrons. The van der Waals surface area contributed by atoms with E-state index in [-0.39, 0.29) is 5.75 Å². The molecule has 0 amide bonds. The Bertz CT molecular complexity index is 1090. The molecular formula is C17H15ClFN3O2S. The van der Waals surface area contributed by atoms with Gasteiger partial charge in [-0.1, -0.05) is 17.7 Å². The number of benzene rings is 1. The van der Waals surface area contributed by atoms with Gasteiger partial charge in [-0.05, 0) is 24.6 Å². The Morgan fingerprint density at radius 1 is 1.24 bits per heavy atom. The quantitative estimate of drug-likeness (QED) is 0.656. The monoisotopic (exact) mass is 379 g/mol. The summed E-state index contributed by atoms with van der Waals surface area (Å²) in [4.78, 5) is 29.6. The normalized spacial score (nSPS) is 11.2. The van der Waals surface area contributed by atoms with Crippen LogP contribution < -0.4 is 11.2 Å². The fourth-order valence-corrected chi connectivity index (χ4v) is 4.09. The summed E-state index contributed by atoms with van der Waals surface area (Å²) < 4.78 is 16.4. The van der Waals surface area contributed by atoms with E-state index >= 15 is 0 Å². The number of thioether (sulfide) groups is 1. The summed E-state index contributed by atoms with van der Waals surface area (Å²) in [6.07, 6.45) is 1.60.